The van der Waals surface area contributed by atoms with E-state index in [9.17, 15) is 4.79 Å². The lowest BCUT2D eigenvalue weighted by molar-refractivity contribution is 0.0898. The number of aryl methyl sites for hydroxylation is 1. The number of carbonyl (C=O) groups excluding carboxylic acids is 1. The van der Waals surface area contributed by atoms with Gasteiger partial charge in [0, 0.05) is 12.6 Å². The van der Waals surface area contributed by atoms with E-state index >= 15 is 0 Å². The quantitative estimate of drug-likeness (QED) is 0.525. The first kappa shape index (κ1) is 16.9. The van der Waals surface area contributed by atoms with Crippen molar-refractivity contribution in [3.8, 4) is 0 Å². The zero-order chi connectivity index (χ0) is 14.6. The maximum absolute atomic E-state index is 11.8. The lowest BCUT2D eigenvalue weighted by Gasteiger charge is -2.03. The number of rotatable bonds is 11. The van der Waals surface area contributed by atoms with Gasteiger partial charge in [0.15, 0.2) is 0 Å². The molecule has 0 N–H and O–H groups in total. The summed E-state index contributed by atoms with van der Waals surface area (Å²) in [6.07, 6.45) is 17.1. The molecule has 0 spiro atoms. The molecular weight excluding hydrogens is 248 g/mol. The lowest BCUT2D eigenvalue weighted by atomic mass is 10.1. The molecule has 1 aromatic rings. The molecule has 0 aliphatic heterocycles. The minimum absolute atomic E-state index is 0.171. The summed E-state index contributed by atoms with van der Waals surface area (Å²) in [6, 6.07) is 0. The second kappa shape index (κ2) is 10.6. The van der Waals surface area contributed by atoms with Gasteiger partial charge in [-0.15, -0.1) is 0 Å². The Bertz CT molecular complexity index is 371. The van der Waals surface area contributed by atoms with Gasteiger partial charge >= 0.3 is 0 Å². The third-order valence-electron chi connectivity index (χ3n) is 3.74. The topological polar surface area (TPSA) is 34.9 Å². The normalized spacial score (nSPS) is 10.9. The van der Waals surface area contributed by atoms with E-state index in [0.717, 1.165) is 12.1 Å². The molecule has 0 aliphatic rings. The standard InChI is InChI=1S/C17H30N2O/c1-3-4-5-6-7-8-9-10-11-12-13-17(20)19-14-16(2)18-15-19/h14-15H,3-13H2,1-2H3. The Morgan fingerprint density at radius 2 is 1.55 bits per heavy atom. The molecule has 0 saturated heterocycles. The number of unbranched alkanes of at least 4 members (excludes halogenated alkanes) is 9. The third-order valence-corrected chi connectivity index (χ3v) is 3.74. The second-order valence-corrected chi connectivity index (χ2v) is 5.75. The molecule has 0 fully saturated rings. The van der Waals surface area contributed by atoms with E-state index in [2.05, 4.69) is 11.9 Å². The van der Waals surface area contributed by atoms with E-state index in [1.165, 1.54) is 57.8 Å². The van der Waals surface area contributed by atoms with Crippen LogP contribution in [0.5, 0.6) is 0 Å². The molecule has 1 heterocycles. The molecule has 1 aromatic heterocycles. The van der Waals surface area contributed by atoms with Gasteiger partial charge in [0.1, 0.15) is 6.33 Å². The van der Waals surface area contributed by atoms with Crippen LogP contribution in [0.1, 0.15) is 88.0 Å². The average Bonchev–Trinajstić information content (AvgIpc) is 2.87. The highest BCUT2D eigenvalue weighted by atomic mass is 16.2. The Hall–Kier alpha value is -1.12. The van der Waals surface area contributed by atoms with Crippen molar-refractivity contribution in [2.45, 2.75) is 84.5 Å². The van der Waals surface area contributed by atoms with Gasteiger partial charge in [-0.2, -0.15) is 0 Å². The van der Waals surface area contributed by atoms with Gasteiger partial charge in [-0.3, -0.25) is 9.36 Å². The molecule has 0 bridgehead atoms. The van der Waals surface area contributed by atoms with Crippen LogP contribution in [-0.4, -0.2) is 15.5 Å². The monoisotopic (exact) mass is 278 g/mol. The largest absolute Gasteiger partial charge is 0.276 e. The molecule has 0 saturated carbocycles. The van der Waals surface area contributed by atoms with Gasteiger partial charge < -0.3 is 0 Å². The van der Waals surface area contributed by atoms with Crippen LogP contribution in [0.2, 0.25) is 0 Å². The Labute approximate surface area is 123 Å². The number of imidazole rings is 1. The highest BCUT2D eigenvalue weighted by molar-refractivity contribution is 5.78. The van der Waals surface area contributed by atoms with Crippen molar-refractivity contribution in [3.63, 3.8) is 0 Å². The molecule has 0 radical (unpaired) electrons. The summed E-state index contributed by atoms with van der Waals surface area (Å²) in [6.45, 7) is 4.16. The number of carbonyl (C=O) groups is 1. The van der Waals surface area contributed by atoms with Gasteiger partial charge in [-0.25, -0.2) is 4.98 Å². The molecule has 20 heavy (non-hydrogen) atoms. The van der Waals surface area contributed by atoms with Crippen LogP contribution in [0.25, 0.3) is 0 Å². The molecule has 0 aliphatic carbocycles. The molecule has 3 nitrogen and oxygen atoms in total. The van der Waals surface area contributed by atoms with Crippen LogP contribution >= 0.6 is 0 Å². The molecule has 114 valence electrons. The first-order valence-electron chi connectivity index (χ1n) is 8.28. The zero-order valence-electron chi connectivity index (χ0n) is 13.2. The van der Waals surface area contributed by atoms with Crippen LogP contribution in [0.4, 0.5) is 0 Å². The van der Waals surface area contributed by atoms with Crippen LogP contribution < -0.4 is 0 Å². The van der Waals surface area contributed by atoms with Gasteiger partial charge in [0.25, 0.3) is 0 Å². The molecule has 3 heteroatoms. The summed E-state index contributed by atoms with van der Waals surface area (Å²) < 4.78 is 1.61. The average molecular weight is 278 g/mol. The van der Waals surface area contributed by atoms with Gasteiger partial charge in [-0.1, -0.05) is 64.7 Å². The van der Waals surface area contributed by atoms with Crippen LogP contribution in [-0.2, 0) is 0 Å². The molecule has 0 atom stereocenters. The summed E-state index contributed by atoms with van der Waals surface area (Å²) >= 11 is 0. The van der Waals surface area contributed by atoms with Crippen molar-refractivity contribution in [1.82, 2.24) is 9.55 Å². The smallest absolute Gasteiger partial charge is 0.231 e. The van der Waals surface area contributed by atoms with Crippen molar-refractivity contribution in [1.29, 1.82) is 0 Å². The number of aromatic nitrogens is 2. The number of hydrogen-bond acceptors (Lipinski definition) is 2. The fourth-order valence-electron chi connectivity index (χ4n) is 2.45. The highest BCUT2D eigenvalue weighted by Crippen LogP contribution is 2.11. The van der Waals surface area contributed by atoms with Crippen molar-refractivity contribution < 1.29 is 4.79 Å². The van der Waals surface area contributed by atoms with Crippen LogP contribution in [0.3, 0.4) is 0 Å². The van der Waals surface area contributed by atoms with Crippen LogP contribution in [0.15, 0.2) is 12.5 Å². The lowest BCUT2D eigenvalue weighted by Crippen LogP contribution is -2.07. The highest BCUT2D eigenvalue weighted by Gasteiger charge is 2.04. The van der Waals surface area contributed by atoms with E-state index in [1.807, 2.05) is 6.92 Å². The summed E-state index contributed by atoms with van der Waals surface area (Å²) in [4.78, 5) is 15.9. The Balaban J connectivity index is 1.91. The summed E-state index contributed by atoms with van der Waals surface area (Å²) in [5.74, 6) is 0.171. The van der Waals surface area contributed by atoms with E-state index in [1.54, 1.807) is 17.1 Å². The molecular formula is C17H30N2O. The van der Waals surface area contributed by atoms with Crippen molar-refractivity contribution in [3.05, 3.63) is 18.2 Å². The fourth-order valence-corrected chi connectivity index (χ4v) is 2.45. The van der Waals surface area contributed by atoms with E-state index in [4.69, 9.17) is 0 Å². The maximum atomic E-state index is 11.8. The molecule has 0 amide bonds. The zero-order valence-corrected chi connectivity index (χ0v) is 13.2. The van der Waals surface area contributed by atoms with Crippen molar-refractivity contribution in [2.24, 2.45) is 0 Å². The maximum Gasteiger partial charge on any atom is 0.231 e. The minimum atomic E-state index is 0.171. The minimum Gasteiger partial charge on any atom is -0.276 e. The molecule has 0 unspecified atom stereocenters. The summed E-state index contributed by atoms with van der Waals surface area (Å²) in [7, 11) is 0. The van der Waals surface area contributed by atoms with Crippen molar-refractivity contribution in [2.75, 3.05) is 0 Å². The Kier molecular flexibility index (Phi) is 9.01. The van der Waals surface area contributed by atoms with Crippen molar-refractivity contribution >= 4 is 5.91 Å². The number of hydrogen-bond donors (Lipinski definition) is 0. The summed E-state index contributed by atoms with van der Waals surface area (Å²) in [5, 5.41) is 0. The first-order valence-corrected chi connectivity index (χ1v) is 8.28. The third kappa shape index (κ3) is 7.46. The van der Waals surface area contributed by atoms with E-state index < -0.39 is 0 Å². The van der Waals surface area contributed by atoms with Gasteiger partial charge in [0.2, 0.25) is 5.91 Å². The van der Waals surface area contributed by atoms with Gasteiger partial charge in [0.05, 0.1) is 5.69 Å². The van der Waals surface area contributed by atoms with E-state index in [-0.39, 0.29) is 5.91 Å². The fraction of sp³-hybridized carbons (Fsp3) is 0.765. The number of nitrogens with zero attached hydrogens (tertiary/aromatic N) is 2. The van der Waals surface area contributed by atoms with E-state index in [0.29, 0.717) is 6.42 Å². The predicted octanol–water partition coefficient (Wildman–Crippen LogP) is 5.14. The Morgan fingerprint density at radius 3 is 2.05 bits per heavy atom. The summed E-state index contributed by atoms with van der Waals surface area (Å²) in [5.41, 5.74) is 0.904. The second-order valence-electron chi connectivity index (χ2n) is 5.75. The molecule has 1 rings (SSSR count). The Morgan fingerprint density at radius 1 is 1.00 bits per heavy atom. The first-order chi connectivity index (χ1) is 9.74. The van der Waals surface area contributed by atoms with Gasteiger partial charge in [-0.05, 0) is 13.3 Å². The SMILES string of the molecule is CCCCCCCCCCCCC(=O)n1cnc(C)c1. The molecule has 0 aromatic carbocycles. The predicted molar refractivity (Wildman–Crippen MR) is 84.1 cm³/mol. The van der Waals surface area contributed by atoms with Crippen LogP contribution in [0, 0.1) is 6.92 Å².